The van der Waals surface area contributed by atoms with Gasteiger partial charge < -0.3 is 9.47 Å². The molecular weight excluding hydrogens is 410 g/mol. The van der Waals surface area contributed by atoms with E-state index in [2.05, 4.69) is 31.9 Å². The summed E-state index contributed by atoms with van der Waals surface area (Å²) in [7, 11) is 2.90. The minimum atomic E-state index is -0.541. The number of hydrogen-bond donors (Lipinski definition) is 0. The normalized spacial score (nSPS) is 12.1. The van der Waals surface area contributed by atoms with E-state index in [-0.39, 0.29) is 4.47 Å². The predicted molar refractivity (Wildman–Crippen MR) is 84.4 cm³/mol. The minimum Gasteiger partial charge on any atom is -0.496 e. The van der Waals surface area contributed by atoms with Gasteiger partial charge in [0.05, 0.1) is 23.5 Å². The van der Waals surface area contributed by atoms with Crippen LogP contribution in [-0.2, 0) is 0 Å². The highest BCUT2D eigenvalue weighted by Gasteiger charge is 2.24. The van der Waals surface area contributed by atoms with E-state index in [9.17, 15) is 8.78 Å². The Bertz CT molecular complexity index is 662. The zero-order valence-electron chi connectivity index (χ0n) is 11.3. The van der Waals surface area contributed by atoms with Crippen molar-refractivity contribution in [3.05, 3.63) is 57.6 Å². The number of methoxy groups -OCH3 is 2. The van der Waals surface area contributed by atoms with Gasteiger partial charge in [-0.05, 0) is 34.1 Å². The second-order valence-corrected chi connectivity index (χ2v) is 6.00. The molecule has 0 saturated heterocycles. The van der Waals surface area contributed by atoms with Gasteiger partial charge in [0.25, 0.3) is 0 Å². The Morgan fingerprint density at radius 3 is 2.29 bits per heavy atom. The second kappa shape index (κ2) is 6.75. The summed E-state index contributed by atoms with van der Waals surface area (Å²) in [6, 6.07) is 7.38. The Kier molecular flexibility index (Phi) is 5.22. The van der Waals surface area contributed by atoms with E-state index in [1.807, 2.05) is 0 Å². The van der Waals surface area contributed by atoms with E-state index in [4.69, 9.17) is 9.47 Å². The molecule has 0 bridgehead atoms. The van der Waals surface area contributed by atoms with Gasteiger partial charge in [-0.3, -0.25) is 0 Å². The lowest BCUT2D eigenvalue weighted by molar-refractivity contribution is 0.400. The first kappa shape index (κ1) is 16.2. The summed E-state index contributed by atoms with van der Waals surface area (Å²) in [5, 5.41) is 0. The fourth-order valence-corrected chi connectivity index (χ4v) is 3.18. The van der Waals surface area contributed by atoms with Crippen molar-refractivity contribution in [1.82, 2.24) is 0 Å². The first-order valence-corrected chi connectivity index (χ1v) is 7.69. The van der Waals surface area contributed by atoms with Gasteiger partial charge >= 0.3 is 0 Å². The zero-order chi connectivity index (χ0) is 15.6. The molecule has 2 aromatic carbocycles. The van der Waals surface area contributed by atoms with Gasteiger partial charge in [-0.25, -0.2) is 8.78 Å². The van der Waals surface area contributed by atoms with Crippen LogP contribution in [0.5, 0.6) is 11.5 Å². The SMILES string of the molecule is COc1cc(F)c(Br)cc1C(Br)c1c(F)cccc1OC. The van der Waals surface area contributed by atoms with Crippen LogP contribution in [0.2, 0.25) is 0 Å². The van der Waals surface area contributed by atoms with Gasteiger partial charge in [0.2, 0.25) is 0 Å². The predicted octanol–water partition coefficient (Wildman–Crippen LogP) is 5.23. The van der Waals surface area contributed by atoms with Crippen LogP contribution in [0.25, 0.3) is 0 Å². The number of benzene rings is 2. The molecule has 112 valence electrons. The van der Waals surface area contributed by atoms with Crippen LogP contribution in [0.3, 0.4) is 0 Å². The number of halogens is 4. The lowest BCUT2D eigenvalue weighted by Crippen LogP contribution is -2.03. The molecule has 0 spiro atoms. The second-order valence-electron chi connectivity index (χ2n) is 4.23. The lowest BCUT2D eigenvalue weighted by atomic mass is 10.0. The highest BCUT2D eigenvalue weighted by Crippen LogP contribution is 2.43. The zero-order valence-corrected chi connectivity index (χ0v) is 14.5. The highest BCUT2D eigenvalue weighted by atomic mass is 79.9. The third-order valence-electron chi connectivity index (χ3n) is 3.03. The fraction of sp³-hybridized carbons (Fsp3) is 0.200. The monoisotopic (exact) mass is 420 g/mol. The van der Waals surface area contributed by atoms with Crippen molar-refractivity contribution in [3.8, 4) is 11.5 Å². The first-order valence-electron chi connectivity index (χ1n) is 5.99. The van der Waals surface area contributed by atoms with Crippen molar-refractivity contribution in [3.63, 3.8) is 0 Å². The average Bonchev–Trinajstić information content (AvgIpc) is 2.48. The van der Waals surface area contributed by atoms with Crippen LogP contribution >= 0.6 is 31.9 Å². The molecule has 0 heterocycles. The molecular formula is C15H12Br2F2O2. The van der Waals surface area contributed by atoms with Crippen LogP contribution in [0.4, 0.5) is 8.78 Å². The van der Waals surface area contributed by atoms with Gasteiger partial charge in [0.15, 0.2) is 0 Å². The van der Waals surface area contributed by atoms with Crippen molar-refractivity contribution >= 4 is 31.9 Å². The minimum absolute atomic E-state index is 0.276. The van der Waals surface area contributed by atoms with E-state index in [0.717, 1.165) is 0 Å². The van der Waals surface area contributed by atoms with Crippen molar-refractivity contribution in [2.24, 2.45) is 0 Å². The molecule has 0 aliphatic carbocycles. The van der Waals surface area contributed by atoms with Gasteiger partial charge in [0.1, 0.15) is 23.1 Å². The van der Waals surface area contributed by atoms with Crippen molar-refractivity contribution < 1.29 is 18.3 Å². The van der Waals surface area contributed by atoms with Crippen LogP contribution in [-0.4, -0.2) is 14.2 Å². The van der Waals surface area contributed by atoms with Gasteiger partial charge in [-0.2, -0.15) is 0 Å². The van der Waals surface area contributed by atoms with Crippen LogP contribution < -0.4 is 9.47 Å². The molecule has 0 aliphatic rings. The maximum absolute atomic E-state index is 14.2. The topological polar surface area (TPSA) is 18.5 Å². The summed E-state index contributed by atoms with van der Waals surface area (Å²) in [5.41, 5.74) is 0.922. The van der Waals surface area contributed by atoms with Gasteiger partial charge in [-0.15, -0.1) is 0 Å². The Balaban J connectivity index is 2.60. The standard InChI is InChI=1S/C15H12Br2F2O2/c1-20-12-5-3-4-10(18)14(12)15(17)8-6-9(16)11(19)7-13(8)21-2/h3-7,15H,1-2H3. The van der Waals surface area contributed by atoms with Crippen LogP contribution in [0.15, 0.2) is 34.8 Å². The summed E-state index contributed by atoms with van der Waals surface area (Å²) in [5.74, 6) is -0.142. The largest absolute Gasteiger partial charge is 0.496 e. The van der Waals surface area contributed by atoms with Gasteiger partial charge in [0, 0.05) is 17.2 Å². The van der Waals surface area contributed by atoms with E-state index in [1.165, 1.54) is 26.4 Å². The molecule has 0 fully saturated rings. The Morgan fingerprint density at radius 1 is 1.00 bits per heavy atom. The van der Waals surface area contributed by atoms with E-state index >= 15 is 0 Å². The molecule has 0 radical (unpaired) electrons. The molecule has 2 rings (SSSR count). The van der Waals surface area contributed by atoms with Crippen molar-refractivity contribution in [1.29, 1.82) is 0 Å². The average molecular weight is 422 g/mol. The van der Waals surface area contributed by atoms with E-state index in [0.29, 0.717) is 22.6 Å². The van der Waals surface area contributed by atoms with Crippen molar-refractivity contribution in [2.45, 2.75) is 4.83 Å². The molecule has 0 saturated carbocycles. The highest BCUT2D eigenvalue weighted by molar-refractivity contribution is 9.10. The summed E-state index contributed by atoms with van der Waals surface area (Å²) in [6.45, 7) is 0. The Hall–Kier alpha value is -1.14. The fourth-order valence-electron chi connectivity index (χ4n) is 2.02. The van der Waals surface area contributed by atoms with Crippen LogP contribution in [0.1, 0.15) is 16.0 Å². The maximum atomic E-state index is 14.2. The molecule has 1 unspecified atom stereocenters. The summed E-state index contributed by atoms with van der Waals surface area (Å²) in [6.07, 6.45) is 0. The third kappa shape index (κ3) is 3.21. The van der Waals surface area contributed by atoms with Crippen molar-refractivity contribution in [2.75, 3.05) is 14.2 Å². The number of hydrogen-bond acceptors (Lipinski definition) is 2. The summed E-state index contributed by atoms with van der Waals surface area (Å²) >= 11 is 6.57. The Morgan fingerprint density at radius 2 is 1.67 bits per heavy atom. The van der Waals surface area contributed by atoms with E-state index < -0.39 is 16.5 Å². The number of alkyl halides is 1. The lowest BCUT2D eigenvalue weighted by Gasteiger charge is -2.18. The summed E-state index contributed by atoms with van der Waals surface area (Å²) < 4.78 is 38.4. The number of ether oxygens (including phenoxy) is 2. The molecule has 6 heteroatoms. The first-order chi connectivity index (χ1) is 9.99. The molecule has 0 aliphatic heterocycles. The van der Waals surface area contributed by atoms with Crippen LogP contribution in [0, 0.1) is 11.6 Å². The molecule has 2 aromatic rings. The molecule has 0 aromatic heterocycles. The molecule has 1 atom stereocenters. The Labute approximate surface area is 138 Å². The van der Waals surface area contributed by atoms with Gasteiger partial charge in [-0.1, -0.05) is 22.0 Å². The summed E-state index contributed by atoms with van der Waals surface area (Å²) in [4.78, 5) is -0.541. The number of rotatable bonds is 4. The molecule has 0 N–H and O–H groups in total. The molecule has 0 amide bonds. The quantitative estimate of drug-likeness (QED) is 0.629. The third-order valence-corrected chi connectivity index (χ3v) is 4.59. The van der Waals surface area contributed by atoms with E-state index in [1.54, 1.807) is 18.2 Å². The maximum Gasteiger partial charge on any atom is 0.141 e. The molecule has 21 heavy (non-hydrogen) atoms. The molecule has 2 nitrogen and oxygen atoms in total. The smallest absolute Gasteiger partial charge is 0.141 e.